The Kier molecular flexibility index (Phi) is 4.21. The van der Waals surface area contributed by atoms with E-state index in [-0.39, 0.29) is 5.75 Å². The van der Waals surface area contributed by atoms with Gasteiger partial charge in [0.05, 0.1) is 11.7 Å². The number of hydrogen-bond acceptors (Lipinski definition) is 2. The van der Waals surface area contributed by atoms with E-state index in [0.717, 1.165) is 0 Å². The second-order valence-corrected chi connectivity index (χ2v) is 3.53. The number of nitrogens with one attached hydrogen (secondary N) is 1. The zero-order valence-corrected chi connectivity index (χ0v) is 10.6. The van der Waals surface area contributed by atoms with Gasteiger partial charge in [-0.15, -0.1) is 13.2 Å². The standard InChI is InChI=1S/C10H9F3N2O.C2H6/c1-5-3-8-7(4-14-15-8)6(2)9(5)16-10(11,12)13;1-2/h3-4H,1-2H3,(H,14,15);1-2H3. The van der Waals surface area contributed by atoms with Gasteiger partial charge in [0, 0.05) is 10.9 Å². The van der Waals surface area contributed by atoms with Crippen LogP contribution >= 0.6 is 0 Å². The molecule has 0 saturated heterocycles. The van der Waals surface area contributed by atoms with Crippen LogP contribution in [0, 0.1) is 13.8 Å². The second-order valence-electron chi connectivity index (χ2n) is 3.53. The van der Waals surface area contributed by atoms with E-state index in [0.29, 0.717) is 22.0 Å². The van der Waals surface area contributed by atoms with E-state index in [4.69, 9.17) is 0 Å². The van der Waals surface area contributed by atoms with E-state index < -0.39 is 6.36 Å². The van der Waals surface area contributed by atoms with E-state index >= 15 is 0 Å². The molecule has 1 N–H and O–H groups in total. The maximum atomic E-state index is 12.2. The zero-order chi connectivity index (χ0) is 13.9. The highest BCUT2D eigenvalue weighted by molar-refractivity contribution is 5.85. The number of hydrogen-bond donors (Lipinski definition) is 1. The van der Waals surface area contributed by atoms with E-state index in [9.17, 15) is 13.2 Å². The summed E-state index contributed by atoms with van der Waals surface area (Å²) in [6.07, 6.45) is -3.19. The van der Waals surface area contributed by atoms with Crippen molar-refractivity contribution in [2.75, 3.05) is 0 Å². The molecule has 100 valence electrons. The van der Waals surface area contributed by atoms with E-state index in [1.165, 1.54) is 6.20 Å². The van der Waals surface area contributed by atoms with Crippen LogP contribution in [-0.2, 0) is 0 Å². The second kappa shape index (κ2) is 5.29. The molecule has 6 heteroatoms. The zero-order valence-electron chi connectivity index (χ0n) is 10.6. The summed E-state index contributed by atoms with van der Waals surface area (Å²) in [5.74, 6) is -0.151. The smallest absolute Gasteiger partial charge is 0.405 e. The van der Waals surface area contributed by atoms with Gasteiger partial charge in [-0.25, -0.2) is 0 Å². The predicted molar refractivity (Wildman–Crippen MR) is 63.6 cm³/mol. The van der Waals surface area contributed by atoms with E-state index in [1.807, 2.05) is 13.8 Å². The first kappa shape index (κ1) is 14.3. The molecule has 0 radical (unpaired) electrons. The lowest BCUT2D eigenvalue weighted by Gasteiger charge is -2.14. The number of aromatic nitrogens is 2. The van der Waals surface area contributed by atoms with Crippen LogP contribution in [0.5, 0.6) is 5.75 Å². The lowest BCUT2D eigenvalue weighted by Crippen LogP contribution is -2.18. The van der Waals surface area contributed by atoms with Gasteiger partial charge in [-0.05, 0) is 25.5 Å². The summed E-state index contributed by atoms with van der Waals surface area (Å²) in [6.45, 7) is 7.14. The highest BCUT2D eigenvalue weighted by Crippen LogP contribution is 2.33. The molecule has 0 saturated carbocycles. The van der Waals surface area contributed by atoms with Gasteiger partial charge in [-0.1, -0.05) is 13.8 Å². The molecule has 0 aliphatic heterocycles. The highest BCUT2D eigenvalue weighted by atomic mass is 19.4. The van der Waals surface area contributed by atoms with Crippen molar-refractivity contribution >= 4 is 10.9 Å². The molecular weight excluding hydrogens is 245 g/mol. The third kappa shape index (κ3) is 2.94. The normalized spacial score (nSPS) is 11.1. The molecule has 3 nitrogen and oxygen atoms in total. The first-order chi connectivity index (χ1) is 8.38. The number of nitrogens with zero attached hydrogens (tertiary/aromatic N) is 1. The Balaban J connectivity index is 0.000000771. The number of aromatic amines is 1. The van der Waals surface area contributed by atoms with Gasteiger partial charge in [0.1, 0.15) is 5.75 Å². The third-order valence-electron chi connectivity index (χ3n) is 2.35. The Bertz CT molecular complexity index is 532. The first-order valence-corrected chi connectivity index (χ1v) is 5.57. The van der Waals surface area contributed by atoms with Gasteiger partial charge in [0.2, 0.25) is 0 Å². The molecule has 0 fully saturated rings. The van der Waals surface area contributed by atoms with Crippen LogP contribution in [0.2, 0.25) is 0 Å². The molecule has 1 aromatic heterocycles. The molecule has 0 spiro atoms. The number of aryl methyl sites for hydroxylation is 2. The van der Waals surface area contributed by atoms with Crippen LogP contribution in [0.1, 0.15) is 25.0 Å². The number of fused-ring (bicyclic) bond motifs is 1. The van der Waals surface area contributed by atoms with Crippen molar-refractivity contribution in [3.63, 3.8) is 0 Å². The molecule has 2 rings (SSSR count). The summed E-state index contributed by atoms with van der Waals surface area (Å²) in [4.78, 5) is 0. The molecule has 18 heavy (non-hydrogen) atoms. The predicted octanol–water partition coefficient (Wildman–Crippen LogP) is 4.10. The van der Waals surface area contributed by atoms with Crippen molar-refractivity contribution in [2.24, 2.45) is 0 Å². The van der Waals surface area contributed by atoms with Crippen LogP contribution < -0.4 is 4.74 Å². The van der Waals surface area contributed by atoms with Crippen molar-refractivity contribution in [2.45, 2.75) is 34.1 Å². The number of H-pyrrole nitrogens is 1. The van der Waals surface area contributed by atoms with Crippen LogP contribution in [0.25, 0.3) is 10.9 Å². The number of halogens is 3. The van der Waals surface area contributed by atoms with Crippen molar-refractivity contribution < 1.29 is 17.9 Å². The Morgan fingerprint density at radius 2 is 1.83 bits per heavy atom. The van der Waals surface area contributed by atoms with Crippen molar-refractivity contribution in [3.05, 3.63) is 23.4 Å². The van der Waals surface area contributed by atoms with Crippen molar-refractivity contribution in [3.8, 4) is 5.75 Å². The Hall–Kier alpha value is -1.72. The topological polar surface area (TPSA) is 37.9 Å². The molecule has 0 atom stereocenters. The van der Waals surface area contributed by atoms with Crippen LogP contribution in [0.3, 0.4) is 0 Å². The number of alkyl halides is 3. The molecule has 1 aromatic carbocycles. The summed E-state index contributed by atoms with van der Waals surface area (Å²) in [7, 11) is 0. The lowest BCUT2D eigenvalue weighted by molar-refractivity contribution is -0.275. The number of benzene rings is 1. The largest absolute Gasteiger partial charge is 0.573 e. The maximum absolute atomic E-state index is 12.2. The third-order valence-corrected chi connectivity index (χ3v) is 2.35. The molecule has 0 amide bonds. The van der Waals surface area contributed by atoms with Gasteiger partial charge < -0.3 is 4.74 Å². The summed E-state index contributed by atoms with van der Waals surface area (Å²) in [5, 5.41) is 7.11. The molecule has 0 bridgehead atoms. The summed E-state index contributed by atoms with van der Waals surface area (Å²) < 4.78 is 40.5. The summed E-state index contributed by atoms with van der Waals surface area (Å²) >= 11 is 0. The molecule has 0 unspecified atom stereocenters. The minimum atomic E-state index is -4.67. The van der Waals surface area contributed by atoms with Gasteiger partial charge in [-0.3, -0.25) is 5.10 Å². The summed E-state index contributed by atoms with van der Waals surface area (Å²) in [6, 6.07) is 1.58. The minimum absolute atomic E-state index is 0.151. The van der Waals surface area contributed by atoms with Gasteiger partial charge >= 0.3 is 6.36 Å². The summed E-state index contributed by atoms with van der Waals surface area (Å²) in [5.41, 5.74) is 1.55. The first-order valence-electron chi connectivity index (χ1n) is 5.57. The van der Waals surface area contributed by atoms with Crippen LogP contribution in [-0.4, -0.2) is 16.6 Å². The Morgan fingerprint density at radius 1 is 1.22 bits per heavy atom. The fourth-order valence-corrected chi connectivity index (χ4v) is 1.68. The van der Waals surface area contributed by atoms with Gasteiger partial charge in [0.25, 0.3) is 0 Å². The lowest BCUT2D eigenvalue weighted by atomic mass is 10.1. The average molecular weight is 260 g/mol. The fraction of sp³-hybridized carbons (Fsp3) is 0.417. The number of ether oxygens (including phenoxy) is 1. The van der Waals surface area contributed by atoms with E-state index in [2.05, 4.69) is 14.9 Å². The van der Waals surface area contributed by atoms with Crippen molar-refractivity contribution in [1.82, 2.24) is 10.2 Å². The molecule has 0 aliphatic carbocycles. The minimum Gasteiger partial charge on any atom is -0.405 e. The SMILES string of the molecule is CC.Cc1cc2[nH]ncc2c(C)c1OC(F)(F)F. The van der Waals surface area contributed by atoms with Gasteiger partial charge in [0.15, 0.2) is 0 Å². The molecule has 2 aromatic rings. The maximum Gasteiger partial charge on any atom is 0.573 e. The average Bonchev–Trinajstić information content (AvgIpc) is 2.74. The molecule has 1 heterocycles. The van der Waals surface area contributed by atoms with Gasteiger partial charge in [-0.2, -0.15) is 5.10 Å². The fourth-order valence-electron chi connectivity index (χ4n) is 1.68. The Labute approximate surface area is 103 Å². The quantitative estimate of drug-likeness (QED) is 0.838. The molecule has 0 aliphatic rings. The van der Waals surface area contributed by atoms with E-state index in [1.54, 1.807) is 19.9 Å². The monoisotopic (exact) mass is 260 g/mol. The van der Waals surface area contributed by atoms with Crippen LogP contribution in [0.15, 0.2) is 12.3 Å². The van der Waals surface area contributed by atoms with Crippen molar-refractivity contribution in [1.29, 1.82) is 0 Å². The van der Waals surface area contributed by atoms with Crippen LogP contribution in [0.4, 0.5) is 13.2 Å². The molecular formula is C12H15F3N2O. The highest BCUT2D eigenvalue weighted by Gasteiger charge is 2.32. The number of rotatable bonds is 1. The Morgan fingerprint density at radius 3 is 2.39 bits per heavy atom.